The fraction of sp³-hybridized carbons (Fsp3) is 0.500. The van der Waals surface area contributed by atoms with Crippen LogP contribution >= 0.6 is 0 Å². The van der Waals surface area contributed by atoms with Crippen LogP contribution in [0.4, 0.5) is 0 Å². The van der Waals surface area contributed by atoms with Crippen LogP contribution in [0, 0.1) is 5.92 Å². The lowest BCUT2D eigenvalue weighted by Crippen LogP contribution is -2.20. The zero-order chi connectivity index (χ0) is 18.3. The highest BCUT2D eigenvalue weighted by molar-refractivity contribution is 5.18. The van der Waals surface area contributed by atoms with Gasteiger partial charge in [-0.3, -0.25) is 0 Å². The van der Waals surface area contributed by atoms with Gasteiger partial charge in [-0.2, -0.15) is 0 Å². The molecule has 1 rings (SSSR count). The van der Waals surface area contributed by atoms with E-state index < -0.39 is 23.9 Å². The van der Waals surface area contributed by atoms with Crippen LogP contribution in [0.3, 0.4) is 0 Å². The summed E-state index contributed by atoms with van der Waals surface area (Å²) in [6.07, 6.45) is 2.65. The van der Waals surface area contributed by atoms with Gasteiger partial charge in [-0.25, -0.2) is 4.79 Å². The van der Waals surface area contributed by atoms with Gasteiger partial charge in [0.05, 0.1) is 24.4 Å². The molecular formula is C18H26O6. The molecule has 0 spiro atoms. The Balaban J connectivity index is 2.56. The highest BCUT2D eigenvalue weighted by atomic mass is 16.4. The minimum atomic E-state index is -0.938. The summed E-state index contributed by atoms with van der Waals surface area (Å²) >= 11 is 0. The van der Waals surface area contributed by atoms with E-state index in [9.17, 15) is 25.2 Å². The van der Waals surface area contributed by atoms with Gasteiger partial charge in [-0.05, 0) is 19.4 Å². The summed E-state index contributed by atoms with van der Waals surface area (Å²) in [4.78, 5) is 11.1. The largest absolute Gasteiger partial charge is 0.508 e. The van der Waals surface area contributed by atoms with Crippen molar-refractivity contribution in [2.75, 3.05) is 0 Å². The molecule has 6 nitrogen and oxygen atoms in total. The number of allylic oxidation sites excluding steroid dienone is 1. The van der Waals surface area contributed by atoms with Gasteiger partial charge in [-0.1, -0.05) is 25.2 Å². The Morgan fingerprint density at radius 2 is 1.92 bits per heavy atom. The van der Waals surface area contributed by atoms with Gasteiger partial charge in [0, 0.05) is 24.8 Å². The molecule has 0 aliphatic rings. The number of aliphatic hydroxyl groups excluding tert-OH is 3. The van der Waals surface area contributed by atoms with Gasteiger partial charge in [0.2, 0.25) is 0 Å². The molecule has 0 unspecified atom stereocenters. The summed E-state index contributed by atoms with van der Waals surface area (Å²) in [6, 6.07) is 2.19. The molecule has 1 aromatic rings. The molecule has 0 aromatic carbocycles. The minimum Gasteiger partial charge on any atom is -0.508 e. The Morgan fingerprint density at radius 3 is 2.50 bits per heavy atom. The highest BCUT2D eigenvalue weighted by Gasteiger charge is 2.15. The third-order valence-electron chi connectivity index (χ3n) is 3.81. The SMILES string of the molecule is CC=C(C)[C@H](O)[C@@H](C)C=C[C@H](O)C[C@H](O)Cc1cc(O)cc(=O)o1. The van der Waals surface area contributed by atoms with Crippen molar-refractivity contribution in [3.63, 3.8) is 0 Å². The van der Waals surface area contributed by atoms with Crippen molar-refractivity contribution in [3.8, 4) is 5.75 Å². The van der Waals surface area contributed by atoms with Crippen LogP contribution in [0.1, 0.15) is 33.0 Å². The maximum atomic E-state index is 11.1. The standard InChI is InChI=1S/C18H26O6/c1-4-11(2)18(23)12(3)5-6-13(19)7-14(20)8-16-9-15(21)10-17(22)24-16/h4-6,9-10,12-14,18-21,23H,7-8H2,1-3H3/t12-,13-,14-,18-/m0/s1. The van der Waals surface area contributed by atoms with E-state index in [1.165, 1.54) is 12.1 Å². The van der Waals surface area contributed by atoms with Crippen LogP contribution < -0.4 is 5.63 Å². The fourth-order valence-electron chi connectivity index (χ4n) is 2.28. The second-order valence-corrected chi connectivity index (χ2v) is 5.98. The van der Waals surface area contributed by atoms with Crippen molar-refractivity contribution in [2.24, 2.45) is 5.92 Å². The van der Waals surface area contributed by atoms with Crippen LogP contribution in [0.25, 0.3) is 0 Å². The molecular weight excluding hydrogens is 312 g/mol. The first-order chi connectivity index (χ1) is 11.2. The van der Waals surface area contributed by atoms with Crippen LogP contribution in [-0.4, -0.2) is 38.7 Å². The Hall–Kier alpha value is -1.89. The molecule has 0 saturated heterocycles. The summed E-state index contributed by atoms with van der Waals surface area (Å²) in [5.41, 5.74) is 0.153. The minimum absolute atomic E-state index is 0.00436. The lowest BCUT2D eigenvalue weighted by molar-refractivity contribution is 0.0989. The molecule has 4 N–H and O–H groups in total. The Labute approximate surface area is 141 Å². The Bertz CT molecular complexity index is 631. The third-order valence-corrected chi connectivity index (χ3v) is 3.81. The fourth-order valence-corrected chi connectivity index (χ4v) is 2.28. The molecule has 1 heterocycles. The molecule has 0 bridgehead atoms. The highest BCUT2D eigenvalue weighted by Crippen LogP contribution is 2.15. The van der Waals surface area contributed by atoms with Crippen LogP contribution in [0.5, 0.6) is 5.75 Å². The average Bonchev–Trinajstić information content (AvgIpc) is 2.49. The molecule has 0 aliphatic heterocycles. The first-order valence-electron chi connectivity index (χ1n) is 7.91. The predicted octanol–water partition coefficient (Wildman–Crippen LogP) is 1.52. The molecule has 134 valence electrons. The summed E-state index contributed by atoms with van der Waals surface area (Å²) in [7, 11) is 0. The van der Waals surface area contributed by atoms with E-state index in [4.69, 9.17) is 4.42 Å². The van der Waals surface area contributed by atoms with E-state index >= 15 is 0 Å². The van der Waals surface area contributed by atoms with Gasteiger partial charge in [-0.15, -0.1) is 0 Å². The molecule has 0 amide bonds. The molecule has 24 heavy (non-hydrogen) atoms. The molecule has 6 heteroatoms. The van der Waals surface area contributed by atoms with Gasteiger partial charge in [0.15, 0.2) is 0 Å². The first-order valence-corrected chi connectivity index (χ1v) is 7.91. The van der Waals surface area contributed by atoms with Gasteiger partial charge in [0.1, 0.15) is 11.5 Å². The Kier molecular flexibility index (Phi) is 7.91. The van der Waals surface area contributed by atoms with Crippen LogP contribution in [-0.2, 0) is 6.42 Å². The average molecular weight is 338 g/mol. The topological polar surface area (TPSA) is 111 Å². The number of aromatic hydroxyl groups is 1. The number of hydrogen-bond acceptors (Lipinski definition) is 6. The number of aliphatic hydroxyl groups is 3. The van der Waals surface area contributed by atoms with E-state index in [0.717, 1.165) is 11.6 Å². The quantitative estimate of drug-likeness (QED) is 0.535. The van der Waals surface area contributed by atoms with Crippen molar-refractivity contribution < 1.29 is 24.8 Å². The summed E-state index contributed by atoms with van der Waals surface area (Å²) in [5, 5.41) is 39.2. The maximum Gasteiger partial charge on any atom is 0.339 e. The number of rotatable bonds is 8. The van der Waals surface area contributed by atoms with E-state index in [1.807, 2.05) is 26.8 Å². The monoisotopic (exact) mass is 338 g/mol. The van der Waals surface area contributed by atoms with Crippen molar-refractivity contribution in [1.29, 1.82) is 0 Å². The smallest absolute Gasteiger partial charge is 0.339 e. The van der Waals surface area contributed by atoms with Crippen LogP contribution in [0.15, 0.2) is 45.1 Å². The zero-order valence-electron chi connectivity index (χ0n) is 14.2. The van der Waals surface area contributed by atoms with Crippen LogP contribution in [0.2, 0.25) is 0 Å². The predicted molar refractivity (Wildman–Crippen MR) is 90.7 cm³/mol. The van der Waals surface area contributed by atoms with Gasteiger partial charge >= 0.3 is 5.63 Å². The summed E-state index contributed by atoms with van der Waals surface area (Å²) < 4.78 is 4.86. The lowest BCUT2D eigenvalue weighted by Gasteiger charge is -2.17. The molecule has 0 aliphatic carbocycles. The van der Waals surface area contributed by atoms with Crippen molar-refractivity contribution in [2.45, 2.75) is 51.9 Å². The van der Waals surface area contributed by atoms with E-state index in [2.05, 4.69) is 0 Å². The normalized spacial score (nSPS) is 17.7. The third kappa shape index (κ3) is 6.70. The van der Waals surface area contributed by atoms with Gasteiger partial charge < -0.3 is 24.8 Å². The number of hydrogen-bond donors (Lipinski definition) is 4. The molecule has 1 aromatic heterocycles. The zero-order valence-corrected chi connectivity index (χ0v) is 14.2. The molecule has 4 atom stereocenters. The lowest BCUT2D eigenvalue weighted by atomic mass is 9.96. The van der Waals surface area contributed by atoms with Crippen molar-refractivity contribution >= 4 is 0 Å². The first kappa shape index (κ1) is 20.2. The van der Waals surface area contributed by atoms with Crippen molar-refractivity contribution in [3.05, 3.63) is 52.1 Å². The van der Waals surface area contributed by atoms with E-state index in [0.29, 0.717) is 0 Å². The second kappa shape index (κ2) is 9.42. The molecule has 0 radical (unpaired) electrons. The molecule has 0 saturated carbocycles. The second-order valence-electron chi connectivity index (χ2n) is 5.98. The van der Waals surface area contributed by atoms with Crippen molar-refractivity contribution in [1.82, 2.24) is 0 Å². The van der Waals surface area contributed by atoms with E-state index in [-0.39, 0.29) is 30.3 Å². The Morgan fingerprint density at radius 1 is 1.25 bits per heavy atom. The molecule has 0 fully saturated rings. The summed E-state index contributed by atoms with van der Waals surface area (Å²) in [6.45, 7) is 5.51. The summed E-state index contributed by atoms with van der Waals surface area (Å²) in [5.74, 6) is -0.246. The van der Waals surface area contributed by atoms with E-state index in [1.54, 1.807) is 6.08 Å². The maximum absolute atomic E-state index is 11.1. The van der Waals surface area contributed by atoms with Gasteiger partial charge in [0.25, 0.3) is 0 Å².